The Hall–Kier alpha value is -6.18. The van der Waals surface area contributed by atoms with Gasteiger partial charge >= 0.3 is 11.9 Å². The number of esters is 2. The molecule has 4 aromatic rings. The van der Waals surface area contributed by atoms with Crippen LogP contribution < -0.4 is 29.0 Å². The minimum Gasteiger partial charge on any atom is -0.504 e. The number of nitrogens with zero attached hydrogens (tertiary/aromatic N) is 3. The number of fused-ring (bicyclic) bond motifs is 10. The van der Waals surface area contributed by atoms with Crippen LogP contribution in [-0.2, 0) is 32.7 Å². The van der Waals surface area contributed by atoms with Crippen molar-refractivity contribution in [3.05, 3.63) is 117 Å². The number of methoxy groups -OCH3 is 2. The third-order valence-electron chi connectivity index (χ3n) is 14.0. The van der Waals surface area contributed by atoms with Crippen molar-refractivity contribution in [1.82, 2.24) is 15.1 Å². The number of nitriles is 1. The molecule has 15 heteroatoms. The van der Waals surface area contributed by atoms with E-state index < -0.39 is 46.9 Å². The first kappa shape index (κ1) is 42.8. The molecule has 7 heterocycles. The minimum atomic E-state index is -1.42. The number of hydrogen-bond donors (Lipinski definition) is 3. The van der Waals surface area contributed by atoms with E-state index in [9.17, 15) is 25.1 Å². The summed E-state index contributed by atoms with van der Waals surface area (Å²) in [6, 6.07) is 14.8. The average Bonchev–Trinajstić information content (AvgIpc) is 3.79. The second-order valence-electron chi connectivity index (χ2n) is 17.3. The second-order valence-corrected chi connectivity index (χ2v) is 18.4. The van der Waals surface area contributed by atoms with Crippen LogP contribution in [0.3, 0.4) is 0 Å². The Morgan fingerprint density at radius 3 is 2.60 bits per heavy atom. The lowest BCUT2D eigenvalue weighted by molar-refractivity contribution is -0.152. The van der Waals surface area contributed by atoms with Crippen molar-refractivity contribution in [2.45, 2.75) is 74.1 Å². The summed E-state index contributed by atoms with van der Waals surface area (Å²) in [6.45, 7) is 8.59. The number of carbonyl (C=O) groups excluding carboxylic acids is 2. The number of phenolic OH excluding ortho intramolecular Hbond substituents is 2. The van der Waals surface area contributed by atoms with Gasteiger partial charge in [-0.05, 0) is 72.7 Å². The number of piperazine rings is 1. The molecule has 0 aromatic heterocycles. The fourth-order valence-electron chi connectivity index (χ4n) is 11.4. The number of carbonyl (C=O) groups is 2. The molecule has 336 valence electrons. The van der Waals surface area contributed by atoms with Crippen LogP contribution in [0.15, 0.2) is 67.3 Å². The van der Waals surface area contributed by atoms with E-state index >= 15 is 0 Å². The summed E-state index contributed by atoms with van der Waals surface area (Å²) in [6.07, 6.45) is 6.15. The molecular weight excluding hydrogens is 849 g/mol. The molecule has 0 radical (unpaired) electrons. The number of aryl methyl sites for hydroxylation is 1. The predicted molar refractivity (Wildman–Crippen MR) is 242 cm³/mol. The SMILES string of the molecule is C=CCN1C2c3c(cc(C)c(OC)c3O)CC1[C@H](C#N)N1C2[C@@H]2SC[C@]3(NCCc4cc(O)c(OC)cc43)C(=O)OCC[C@H]1c1c3c(c(C)c(OC(=O)/C=C/c4ccccc4)c12)OCO3. The molecule has 1 spiro atoms. The molecule has 3 N–H and O–H groups in total. The number of phenols is 2. The maximum absolute atomic E-state index is 14.9. The van der Waals surface area contributed by atoms with Gasteiger partial charge in [-0.15, -0.1) is 18.3 Å². The van der Waals surface area contributed by atoms with Crippen LogP contribution in [0.1, 0.15) is 73.8 Å². The summed E-state index contributed by atoms with van der Waals surface area (Å²) in [4.78, 5) is 33.6. The Bertz CT molecular complexity index is 2700. The maximum atomic E-state index is 14.9. The minimum absolute atomic E-state index is 0.0232. The number of nitrogens with one attached hydrogen (secondary N) is 1. The first-order valence-corrected chi connectivity index (χ1v) is 22.9. The normalized spacial score (nSPS) is 26.5. The molecule has 0 amide bonds. The van der Waals surface area contributed by atoms with Crippen molar-refractivity contribution in [2.75, 3.05) is 46.5 Å². The summed E-state index contributed by atoms with van der Waals surface area (Å²) >= 11 is 1.47. The lowest BCUT2D eigenvalue weighted by Gasteiger charge is -2.62. The Balaban J connectivity index is 1.25. The van der Waals surface area contributed by atoms with Crippen LogP contribution in [0, 0.1) is 25.2 Å². The summed E-state index contributed by atoms with van der Waals surface area (Å²) in [7, 11) is 3.01. The zero-order valence-electron chi connectivity index (χ0n) is 36.6. The Labute approximate surface area is 381 Å². The van der Waals surface area contributed by atoms with Crippen LogP contribution in [-0.4, -0.2) is 96.5 Å². The van der Waals surface area contributed by atoms with E-state index in [1.165, 1.54) is 24.9 Å². The highest BCUT2D eigenvalue weighted by Crippen LogP contribution is 2.65. The summed E-state index contributed by atoms with van der Waals surface area (Å²) in [5, 5.41) is 37.7. The van der Waals surface area contributed by atoms with Gasteiger partial charge in [0.25, 0.3) is 0 Å². The molecule has 4 aromatic carbocycles. The van der Waals surface area contributed by atoms with E-state index in [2.05, 4.69) is 33.8 Å². The average molecular weight is 899 g/mol. The van der Waals surface area contributed by atoms with Gasteiger partial charge in [0.15, 0.2) is 40.0 Å². The Kier molecular flexibility index (Phi) is 11.0. The summed E-state index contributed by atoms with van der Waals surface area (Å²) in [5.74, 6) is 0.789. The molecule has 7 atom stereocenters. The fourth-order valence-corrected chi connectivity index (χ4v) is 13.1. The topological polar surface area (TPSA) is 172 Å². The third-order valence-corrected chi connectivity index (χ3v) is 15.5. The van der Waals surface area contributed by atoms with Gasteiger partial charge in [-0.25, -0.2) is 9.59 Å². The van der Waals surface area contributed by atoms with Gasteiger partial charge in [0.2, 0.25) is 6.79 Å². The molecule has 3 unspecified atom stereocenters. The maximum Gasteiger partial charge on any atom is 0.336 e. The largest absolute Gasteiger partial charge is 0.504 e. The van der Waals surface area contributed by atoms with E-state index in [-0.39, 0.29) is 48.9 Å². The third kappa shape index (κ3) is 6.63. The van der Waals surface area contributed by atoms with E-state index in [0.717, 1.165) is 22.3 Å². The molecule has 0 saturated carbocycles. The Morgan fingerprint density at radius 2 is 1.85 bits per heavy atom. The first-order valence-electron chi connectivity index (χ1n) is 21.8. The smallest absolute Gasteiger partial charge is 0.336 e. The lowest BCUT2D eigenvalue weighted by atomic mass is 9.70. The highest BCUT2D eigenvalue weighted by molar-refractivity contribution is 7.99. The number of benzene rings is 4. The van der Waals surface area contributed by atoms with E-state index in [0.29, 0.717) is 76.7 Å². The zero-order valence-corrected chi connectivity index (χ0v) is 37.4. The summed E-state index contributed by atoms with van der Waals surface area (Å²) in [5.41, 5.74) is 5.09. The molecule has 4 bridgehead atoms. The number of hydrogen-bond acceptors (Lipinski definition) is 15. The quantitative estimate of drug-likeness (QED) is 0.0781. The molecule has 14 nitrogen and oxygen atoms in total. The highest BCUT2D eigenvalue weighted by Gasteiger charge is 2.61. The van der Waals surface area contributed by atoms with Gasteiger partial charge in [-0.2, -0.15) is 5.26 Å². The van der Waals surface area contributed by atoms with Gasteiger partial charge in [-0.1, -0.05) is 42.5 Å². The van der Waals surface area contributed by atoms with Crippen molar-refractivity contribution >= 4 is 29.8 Å². The second kappa shape index (κ2) is 16.7. The van der Waals surface area contributed by atoms with Gasteiger partial charge in [-0.3, -0.25) is 15.1 Å². The number of aromatic hydroxyl groups is 2. The van der Waals surface area contributed by atoms with Crippen molar-refractivity contribution in [3.63, 3.8) is 0 Å². The van der Waals surface area contributed by atoms with Crippen molar-refractivity contribution in [2.24, 2.45) is 0 Å². The number of ether oxygens (including phenoxy) is 6. The lowest BCUT2D eigenvalue weighted by Crippen LogP contribution is -2.69. The Morgan fingerprint density at radius 1 is 1.05 bits per heavy atom. The van der Waals surface area contributed by atoms with Crippen LogP contribution in [0.4, 0.5) is 0 Å². The van der Waals surface area contributed by atoms with E-state index in [1.807, 2.05) is 50.3 Å². The van der Waals surface area contributed by atoms with E-state index in [1.54, 1.807) is 25.3 Å². The highest BCUT2D eigenvalue weighted by atomic mass is 32.2. The van der Waals surface area contributed by atoms with E-state index in [4.69, 9.17) is 28.4 Å². The van der Waals surface area contributed by atoms with Crippen LogP contribution in [0.25, 0.3) is 6.08 Å². The van der Waals surface area contributed by atoms with Crippen LogP contribution in [0.5, 0.6) is 40.2 Å². The number of thioether (sulfide) groups is 1. The predicted octanol–water partition coefficient (Wildman–Crippen LogP) is 6.63. The fraction of sp³-hybridized carbons (Fsp3) is 0.380. The van der Waals surface area contributed by atoms with Crippen molar-refractivity contribution in [3.8, 4) is 46.3 Å². The zero-order chi connectivity index (χ0) is 45.3. The van der Waals surface area contributed by atoms with Gasteiger partial charge in [0.05, 0.1) is 38.2 Å². The summed E-state index contributed by atoms with van der Waals surface area (Å²) < 4.78 is 36.9. The standard InChI is InChI=1S/C50H50N4O10S/c1-6-17-53-33-20-30-19-26(2)44(60-5)43(57)38(30)41(53)42-48-40-39(47-46(62-25-63-47)27(3)45(40)64-37(56)13-12-28-10-8-7-9-11-28)32(54(42)34(33)23-51)15-18-61-49(58)50(24-65-48)31-22-36(59-4)35(55)21-29(31)14-16-52-50/h6-13,19,21-22,32-34,41-42,48,52,55,57H,1,14-18,20,24-25H2,2-5H3/b13-12+/t32-,33?,34-,41?,42?,48+,50+/m0/s1. The molecule has 2 saturated heterocycles. The van der Waals surface area contributed by atoms with Gasteiger partial charge < -0.3 is 38.6 Å². The molecular formula is C50H50N4O10S. The molecule has 7 aliphatic rings. The first-order chi connectivity index (χ1) is 31.5. The van der Waals surface area contributed by atoms with Crippen LogP contribution in [0.2, 0.25) is 0 Å². The monoisotopic (exact) mass is 898 g/mol. The van der Waals surface area contributed by atoms with Crippen LogP contribution >= 0.6 is 11.8 Å². The van der Waals surface area contributed by atoms with Gasteiger partial charge in [0.1, 0.15) is 11.8 Å². The molecule has 11 rings (SSSR count). The van der Waals surface area contributed by atoms with Gasteiger partial charge in [0, 0.05) is 71.7 Å². The van der Waals surface area contributed by atoms with Crippen molar-refractivity contribution < 1.29 is 48.2 Å². The molecule has 0 aliphatic carbocycles. The molecule has 7 aliphatic heterocycles. The number of rotatable bonds is 7. The van der Waals surface area contributed by atoms with Crippen molar-refractivity contribution in [1.29, 1.82) is 5.26 Å². The molecule has 2 fully saturated rings. The molecule has 65 heavy (non-hydrogen) atoms.